The fourth-order valence-electron chi connectivity index (χ4n) is 1.86. The molecule has 4 heteroatoms. The van der Waals surface area contributed by atoms with Crippen LogP contribution < -0.4 is 10.6 Å². The Labute approximate surface area is 87.7 Å². The molecular formula is C11H12N2O2. The van der Waals surface area contributed by atoms with Gasteiger partial charge in [0.25, 0.3) is 0 Å². The molecule has 2 rings (SSSR count). The van der Waals surface area contributed by atoms with Crippen molar-refractivity contribution in [1.82, 2.24) is 0 Å². The third kappa shape index (κ3) is 1.58. The molecule has 0 aromatic heterocycles. The number of amides is 2. The zero-order valence-corrected chi connectivity index (χ0v) is 8.49. The first-order valence-corrected chi connectivity index (χ1v) is 4.81. The number of benzene rings is 1. The first kappa shape index (κ1) is 9.71. The summed E-state index contributed by atoms with van der Waals surface area (Å²) in [7, 11) is 0. The van der Waals surface area contributed by atoms with Crippen LogP contribution in [0, 0.1) is 0 Å². The molecule has 78 valence electrons. The fourth-order valence-corrected chi connectivity index (χ4v) is 1.86. The van der Waals surface area contributed by atoms with Crippen molar-refractivity contribution in [2.45, 2.75) is 19.8 Å². The minimum atomic E-state index is -0.245. The molecule has 2 N–H and O–H groups in total. The van der Waals surface area contributed by atoms with Crippen LogP contribution in [0.2, 0.25) is 0 Å². The lowest BCUT2D eigenvalue weighted by Crippen LogP contribution is -2.38. The third-order valence-corrected chi connectivity index (χ3v) is 2.52. The molecule has 0 unspecified atom stereocenters. The zero-order chi connectivity index (χ0) is 11.0. The van der Waals surface area contributed by atoms with Crippen LogP contribution in [-0.4, -0.2) is 11.8 Å². The number of carbonyl (C=O) groups excluding carboxylic acids is 2. The molecule has 0 atom stereocenters. The number of fused-ring (bicyclic) bond motifs is 1. The molecule has 1 aromatic carbocycles. The zero-order valence-electron chi connectivity index (χ0n) is 8.49. The number of hydrogen-bond acceptors (Lipinski definition) is 3. The summed E-state index contributed by atoms with van der Waals surface area (Å²) in [5.74, 6) is -0.384. The summed E-state index contributed by atoms with van der Waals surface area (Å²) in [6, 6.07) is 5.24. The van der Waals surface area contributed by atoms with Crippen LogP contribution in [0.5, 0.6) is 0 Å². The molecule has 0 fully saturated rings. The van der Waals surface area contributed by atoms with Crippen LogP contribution in [-0.2, 0) is 16.0 Å². The van der Waals surface area contributed by atoms with Crippen molar-refractivity contribution >= 4 is 23.2 Å². The maximum atomic E-state index is 11.6. The summed E-state index contributed by atoms with van der Waals surface area (Å²) in [5, 5.41) is 0. The lowest BCUT2D eigenvalue weighted by atomic mass is 10.0. The van der Waals surface area contributed by atoms with E-state index in [1.54, 1.807) is 12.1 Å². The molecule has 2 amide bonds. The van der Waals surface area contributed by atoms with E-state index in [2.05, 4.69) is 0 Å². The minimum Gasteiger partial charge on any atom is -0.399 e. The summed E-state index contributed by atoms with van der Waals surface area (Å²) < 4.78 is 0. The van der Waals surface area contributed by atoms with E-state index >= 15 is 0 Å². The lowest BCUT2D eigenvalue weighted by molar-refractivity contribution is -0.125. The maximum absolute atomic E-state index is 11.6. The number of anilines is 2. The number of nitrogen functional groups attached to an aromatic ring is 1. The Morgan fingerprint density at radius 2 is 2.13 bits per heavy atom. The highest BCUT2D eigenvalue weighted by molar-refractivity contribution is 6.15. The topological polar surface area (TPSA) is 63.4 Å². The first-order valence-electron chi connectivity index (χ1n) is 4.81. The molecule has 1 aromatic rings. The van der Waals surface area contributed by atoms with Crippen molar-refractivity contribution < 1.29 is 9.59 Å². The van der Waals surface area contributed by atoms with E-state index in [9.17, 15) is 9.59 Å². The molecule has 1 aliphatic heterocycles. The van der Waals surface area contributed by atoms with Gasteiger partial charge in [-0.25, -0.2) is 0 Å². The summed E-state index contributed by atoms with van der Waals surface area (Å²) in [6.45, 7) is 1.39. The Kier molecular flexibility index (Phi) is 2.19. The molecule has 4 nitrogen and oxygen atoms in total. The Morgan fingerprint density at radius 1 is 1.40 bits per heavy atom. The highest BCUT2D eigenvalue weighted by Crippen LogP contribution is 2.29. The van der Waals surface area contributed by atoms with E-state index in [-0.39, 0.29) is 11.8 Å². The number of nitrogens with zero attached hydrogens (tertiary/aromatic N) is 1. The largest absolute Gasteiger partial charge is 0.399 e. The van der Waals surface area contributed by atoms with Crippen LogP contribution in [0.25, 0.3) is 0 Å². The molecule has 0 aliphatic carbocycles. The fraction of sp³-hybridized carbons (Fsp3) is 0.273. The average Bonchev–Trinajstić information content (AvgIpc) is 2.17. The molecule has 0 spiro atoms. The predicted octanol–water partition coefficient (Wildman–Crippen LogP) is 1.09. The summed E-state index contributed by atoms with van der Waals surface area (Å²) in [6.07, 6.45) is 1.03. The van der Waals surface area contributed by atoms with Crippen molar-refractivity contribution in [3.05, 3.63) is 23.8 Å². The summed E-state index contributed by atoms with van der Waals surface area (Å²) in [5.41, 5.74) is 7.95. The Bertz CT molecular complexity index is 440. The van der Waals surface area contributed by atoms with Crippen molar-refractivity contribution in [2.75, 3.05) is 10.6 Å². The van der Waals surface area contributed by atoms with Crippen molar-refractivity contribution in [3.63, 3.8) is 0 Å². The van der Waals surface area contributed by atoms with Gasteiger partial charge in [0.1, 0.15) is 0 Å². The van der Waals surface area contributed by atoms with Gasteiger partial charge >= 0.3 is 0 Å². The SMILES string of the molecule is CC(=O)N1C(=O)CCc2cc(N)ccc21. The number of hydrogen-bond donors (Lipinski definition) is 1. The van der Waals surface area contributed by atoms with Crippen LogP contribution in [0.4, 0.5) is 11.4 Å². The lowest BCUT2D eigenvalue weighted by Gasteiger charge is -2.26. The number of aryl methyl sites for hydroxylation is 1. The van der Waals surface area contributed by atoms with Gasteiger partial charge in [0.15, 0.2) is 0 Å². The van der Waals surface area contributed by atoms with Gasteiger partial charge in [-0.1, -0.05) is 0 Å². The second-order valence-corrected chi connectivity index (χ2v) is 3.64. The number of carbonyl (C=O) groups is 2. The Morgan fingerprint density at radius 3 is 2.80 bits per heavy atom. The normalized spacial score (nSPS) is 15.0. The van der Waals surface area contributed by atoms with Crippen LogP contribution in [0.3, 0.4) is 0 Å². The quantitative estimate of drug-likeness (QED) is 0.643. The minimum absolute atomic E-state index is 0.139. The van der Waals surface area contributed by atoms with Gasteiger partial charge in [-0.05, 0) is 30.2 Å². The van der Waals surface area contributed by atoms with Gasteiger partial charge < -0.3 is 5.73 Å². The van der Waals surface area contributed by atoms with Crippen molar-refractivity contribution in [3.8, 4) is 0 Å². The predicted molar refractivity (Wildman–Crippen MR) is 57.3 cm³/mol. The maximum Gasteiger partial charge on any atom is 0.234 e. The Balaban J connectivity index is 2.53. The van der Waals surface area contributed by atoms with Crippen LogP contribution >= 0.6 is 0 Å². The molecule has 0 saturated heterocycles. The van der Waals surface area contributed by atoms with E-state index in [4.69, 9.17) is 5.73 Å². The number of rotatable bonds is 0. The highest BCUT2D eigenvalue weighted by atomic mass is 16.2. The third-order valence-electron chi connectivity index (χ3n) is 2.52. The number of imide groups is 1. The summed E-state index contributed by atoms with van der Waals surface area (Å²) >= 11 is 0. The molecular weight excluding hydrogens is 192 g/mol. The van der Waals surface area contributed by atoms with Crippen molar-refractivity contribution in [1.29, 1.82) is 0 Å². The summed E-state index contributed by atoms with van der Waals surface area (Å²) in [4.78, 5) is 24.1. The highest BCUT2D eigenvalue weighted by Gasteiger charge is 2.26. The van der Waals surface area contributed by atoms with Gasteiger partial charge in [-0.3, -0.25) is 14.5 Å². The van der Waals surface area contributed by atoms with E-state index in [1.165, 1.54) is 11.8 Å². The van der Waals surface area contributed by atoms with Gasteiger partial charge in [0.05, 0.1) is 5.69 Å². The van der Waals surface area contributed by atoms with Gasteiger partial charge in [0.2, 0.25) is 11.8 Å². The van der Waals surface area contributed by atoms with E-state index in [1.807, 2.05) is 6.07 Å². The second kappa shape index (κ2) is 3.38. The van der Waals surface area contributed by atoms with Gasteiger partial charge in [0, 0.05) is 19.0 Å². The Hall–Kier alpha value is -1.84. The van der Waals surface area contributed by atoms with Crippen LogP contribution in [0.1, 0.15) is 18.9 Å². The molecule has 15 heavy (non-hydrogen) atoms. The first-order chi connectivity index (χ1) is 7.09. The second-order valence-electron chi connectivity index (χ2n) is 3.64. The average molecular weight is 204 g/mol. The molecule has 0 bridgehead atoms. The van der Waals surface area contributed by atoms with E-state index in [0.29, 0.717) is 24.2 Å². The van der Waals surface area contributed by atoms with E-state index < -0.39 is 0 Å². The molecule has 1 aliphatic rings. The van der Waals surface area contributed by atoms with Gasteiger partial charge in [-0.2, -0.15) is 0 Å². The smallest absolute Gasteiger partial charge is 0.234 e. The molecule has 1 heterocycles. The number of nitrogens with two attached hydrogens (primary N) is 1. The van der Waals surface area contributed by atoms with Gasteiger partial charge in [-0.15, -0.1) is 0 Å². The molecule has 0 saturated carbocycles. The van der Waals surface area contributed by atoms with Crippen molar-refractivity contribution in [2.24, 2.45) is 0 Å². The van der Waals surface area contributed by atoms with E-state index in [0.717, 1.165) is 5.56 Å². The monoisotopic (exact) mass is 204 g/mol. The standard InChI is InChI=1S/C11H12N2O2/c1-7(14)13-10-4-3-9(12)6-8(10)2-5-11(13)15/h3-4,6H,2,5,12H2,1H3. The molecule has 0 radical (unpaired) electrons. The van der Waals surface area contributed by atoms with Crippen LogP contribution in [0.15, 0.2) is 18.2 Å².